The average molecular weight is 819 g/mol. The number of hydrogen-bond donors (Lipinski definition) is 2. The predicted octanol–water partition coefficient (Wildman–Crippen LogP) is 7.89. The molecule has 4 aliphatic rings. The van der Waals surface area contributed by atoms with E-state index < -0.39 is 17.8 Å². The van der Waals surface area contributed by atoms with Crippen molar-refractivity contribution in [1.29, 1.82) is 0 Å². The van der Waals surface area contributed by atoms with Gasteiger partial charge >= 0.3 is 5.97 Å². The summed E-state index contributed by atoms with van der Waals surface area (Å²) in [6.07, 6.45) is 12.4. The van der Waals surface area contributed by atoms with Crippen LogP contribution in [-0.2, 0) is 40.9 Å². The third kappa shape index (κ3) is 8.09. The third-order valence-electron chi connectivity index (χ3n) is 13.9. The van der Waals surface area contributed by atoms with Crippen molar-refractivity contribution in [2.75, 3.05) is 32.1 Å². The van der Waals surface area contributed by atoms with Crippen molar-refractivity contribution in [3.05, 3.63) is 93.8 Å². The number of pyridine rings is 1. The van der Waals surface area contributed by atoms with E-state index in [0.717, 1.165) is 105 Å². The molecule has 2 aliphatic carbocycles. The van der Waals surface area contributed by atoms with E-state index in [2.05, 4.69) is 15.2 Å². The molecule has 1 atom stereocenters. The largest absolute Gasteiger partial charge is 0.496 e. The number of benzene rings is 2. The number of rotatable bonds is 14. The summed E-state index contributed by atoms with van der Waals surface area (Å²) in [6.45, 7) is 8.13. The molecule has 8 rings (SSSR count). The molecule has 2 N–H and O–H groups in total. The molecule has 0 spiro atoms. The number of anilines is 1. The fourth-order valence-corrected chi connectivity index (χ4v) is 10.4. The Morgan fingerprint density at radius 2 is 1.82 bits per heavy atom. The number of piperidine rings is 1. The number of carbonyl (C=O) groups excluding carboxylic acids is 2. The second-order valence-electron chi connectivity index (χ2n) is 17.4. The van der Waals surface area contributed by atoms with Crippen LogP contribution in [0.25, 0.3) is 23.0 Å². The van der Waals surface area contributed by atoms with E-state index in [0.29, 0.717) is 60.9 Å². The Labute approximate surface area is 350 Å². The molecule has 2 saturated carbocycles. The van der Waals surface area contributed by atoms with Gasteiger partial charge in [-0.3, -0.25) is 29.2 Å². The summed E-state index contributed by atoms with van der Waals surface area (Å²) >= 11 is 0. The Balaban J connectivity index is 0.947. The number of nitrogens with one attached hydrogen (secondary N) is 1. The molecule has 2 aromatic heterocycles. The fourth-order valence-electron chi connectivity index (χ4n) is 10.4. The quantitative estimate of drug-likeness (QED) is 0.121. The normalized spacial score (nSPS) is 23.0. The fraction of sp³-hybridized carbons (Fsp3) is 0.468. The molecule has 13 heteroatoms. The van der Waals surface area contributed by atoms with Crippen molar-refractivity contribution in [1.82, 2.24) is 24.3 Å². The van der Waals surface area contributed by atoms with Gasteiger partial charge in [0.15, 0.2) is 5.82 Å². The van der Waals surface area contributed by atoms with Crippen molar-refractivity contribution < 1.29 is 33.4 Å². The molecule has 0 radical (unpaired) electrons. The summed E-state index contributed by atoms with van der Waals surface area (Å²) in [7, 11) is 3.43. The Kier molecular flexibility index (Phi) is 11.7. The van der Waals surface area contributed by atoms with E-state index in [4.69, 9.17) is 14.5 Å². The molecule has 1 saturated heterocycles. The number of carboxylic acids is 1. The van der Waals surface area contributed by atoms with Gasteiger partial charge < -0.3 is 24.5 Å². The minimum Gasteiger partial charge on any atom is -0.496 e. The molecule has 2 aliphatic heterocycles. The number of methoxy groups -OCH3 is 1. The van der Waals surface area contributed by atoms with Gasteiger partial charge in [-0.05, 0) is 124 Å². The smallest absolute Gasteiger partial charge is 0.320 e. The van der Waals surface area contributed by atoms with Gasteiger partial charge in [0, 0.05) is 62.3 Å². The Bertz CT molecular complexity index is 2330. The summed E-state index contributed by atoms with van der Waals surface area (Å²) in [5.74, 6) is -0.815. The molecule has 4 heterocycles. The van der Waals surface area contributed by atoms with Crippen LogP contribution in [0.1, 0.15) is 108 Å². The van der Waals surface area contributed by atoms with Gasteiger partial charge in [0.05, 0.1) is 12.8 Å². The first kappa shape index (κ1) is 41.3. The van der Waals surface area contributed by atoms with Gasteiger partial charge in [-0.2, -0.15) is 0 Å². The summed E-state index contributed by atoms with van der Waals surface area (Å²) in [6, 6.07) is 12.5. The zero-order valence-corrected chi connectivity index (χ0v) is 35.1. The van der Waals surface area contributed by atoms with Crippen LogP contribution in [0, 0.1) is 19.3 Å². The number of hydrogen-bond acceptors (Lipinski definition) is 9. The van der Waals surface area contributed by atoms with Crippen LogP contribution in [-0.4, -0.2) is 86.2 Å². The highest BCUT2D eigenvalue weighted by molar-refractivity contribution is 6.03. The van der Waals surface area contributed by atoms with Gasteiger partial charge in [-0.25, -0.2) is 9.37 Å². The summed E-state index contributed by atoms with van der Waals surface area (Å²) in [5.41, 5.74) is 7.77. The van der Waals surface area contributed by atoms with Crippen molar-refractivity contribution in [3.63, 3.8) is 0 Å². The second-order valence-corrected chi connectivity index (χ2v) is 17.4. The molecule has 0 unspecified atom stereocenters. The molecule has 2 bridgehead atoms. The van der Waals surface area contributed by atoms with Crippen LogP contribution in [0.5, 0.6) is 5.75 Å². The molecule has 2 aromatic carbocycles. The van der Waals surface area contributed by atoms with E-state index in [1.807, 2.05) is 66.8 Å². The summed E-state index contributed by atoms with van der Waals surface area (Å²) in [4.78, 5) is 50.5. The minimum absolute atomic E-state index is 0.120. The summed E-state index contributed by atoms with van der Waals surface area (Å²) < 4.78 is 29.0. The molecule has 12 nitrogen and oxygen atoms in total. The average Bonchev–Trinajstić information content (AvgIpc) is 3.91. The number of nitrogens with zero attached hydrogens (tertiary/aromatic N) is 5. The van der Waals surface area contributed by atoms with Crippen molar-refractivity contribution in [2.24, 2.45) is 12.5 Å². The number of carboxylic acid groups (broad SMARTS) is 1. The number of aromatic nitrogens is 3. The van der Waals surface area contributed by atoms with Gasteiger partial charge in [-0.1, -0.05) is 36.8 Å². The number of halogens is 1. The van der Waals surface area contributed by atoms with Crippen LogP contribution in [0.2, 0.25) is 0 Å². The number of amides is 1. The Hall–Kier alpha value is -5.40. The highest BCUT2D eigenvalue weighted by Gasteiger charge is 2.55. The molecular formula is C47H55FN6O6. The van der Waals surface area contributed by atoms with Crippen molar-refractivity contribution in [3.8, 4) is 16.9 Å². The van der Waals surface area contributed by atoms with E-state index in [1.165, 1.54) is 13.2 Å². The number of fused-ring (bicyclic) bond motifs is 3. The number of ether oxygens (including phenoxy) is 2. The van der Waals surface area contributed by atoms with Gasteiger partial charge in [0.2, 0.25) is 0 Å². The number of aliphatic carboxylic acids is 1. The summed E-state index contributed by atoms with van der Waals surface area (Å²) in [5, 5.41) is 12.9. The number of imidazole rings is 1. The molecule has 4 aromatic rings. The van der Waals surface area contributed by atoms with E-state index in [1.54, 1.807) is 12.3 Å². The lowest BCUT2D eigenvalue weighted by atomic mass is 9.81. The lowest BCUT2D eigenvalue weighted by Gasteiger charge is -2.33. The highest BCUT2D eigenvalue weighted by Crippen LogP contribution is 2.59. The van der Waals surface area contributed by atoms with Crippen molar-refractivity contribution in [2.45, 2.75) is 103 Å². The first-order valence-corrected chi connectivity index (χ1v) is 21.2. The van der Waals surface area contributed by atoms with Crippen molar-refractivity contribution >= 4 is 35.9 Å². The molecular weight excluding hydrogens is 764 g/mol. The topological polar surface area (TPSA) is 139 Å². The van der Waals surface area contributed by atoms with Gasteiger partial charge in [0.1, 0.15) is 28.9 Å². The maximum atomic E-state index is 16.0. The zero-order valence-electron chi connectivity index (χ0n) is 35.1. The van der Waals surface area contributed by atoms with Crippen LogP contribution in [0.3, 0.4) is 0 Å². The molecule has 316 valence electrons. The second kappa shape index (κ2) is 16.9. The SMILES string of the molecule is COc1cc(/C(F)=C/c2cccc(-c3cccc(NC(=O)c4nc5c(n4C)CCN(CCC46CCC(OC=O)(CC4)C6)C5)c3C)c2C)ncc1CN1CCCC[C@H]1C(=O)O. The van der Waals surface area contributed by atoms with Gasteiger partial charge in [0.25, 0.3) is 12.4 Å². The van der Waals surface area contributed by atoms with Crippen LogP contribution in [0.15, 0.2) is 48.7 Å². The van der Waals surface area contributed by atoms with E-state index in [9.17, 15) is 19.5 Å². The zero-order chi connectivity index (χ0) is 42.2. The number of likely N-dealkylation sites (tertiary alicyclic amines) is 1. The predicted molar refractivity (Wildman–Crippen MR) is 227 cm³/mol. The first-order chi connectivity index (χ1) is 28.9. The maximum absolute atomic E-state index is 16.0. The molecule has 3 fully saturated rings. The van der Waals surface area contributed by atoms with Crippen LogP contribution < -0.4 is 10.1 Å². The molecule has 60 heavy (non-hydrogen) atoms. The highest BCUT2D eigenvalue weighted by atomic mass is 19.1. The lowest BCUT2D eigenvalue weighted by molar-refractivity contribution is -0.145. The Morgan fingerprint density at radius 3 is 2.57 bits per heavy atom. The molecule has 1 amide bonds. The first-order valence-electron chi connectivity index (χ1n) is 21.2. The van der Waals surface area contributed by atoms with Crippen LogP contribution in [0.4, 0.5) is 10.1 Å². The maximum Gasteiger partial charge on any atom is 0.320 e. The third-order valence-corrected chi connectivity index (χ3v) is 13.9. The standard InChI is InChI=1S/C47H55FN6O6/c1-30-32(23-36(48)38-24-42(59-4)33(25-49-38)26-54-20-6-5-13-41(54)45(57)58)9-7-10-34(30)35-11-8-12-37(31(35)2)51-44(56)43-50-39-27-53(21-14-40(39)52(43)3)22-19-46-15-17-47(28-46,18-16-46)60-29-55/h7-12,23-25,29,41H,5-6,13-22,26-28H2,1-4H3,(H,51,56)(H,57,58)/b36-23-/t41-,46?,47?/m0/s1. The lowest BCUT2D eigenvalue weighted by Crippen LogP contribution is -2.44. The Morgan fingerprint density at radius 1 is 1.05 bits per heavy atom. The minimum atomic E-state index is -0.841. The van der Waals surface area contributed by atoms with E-state index in [-0.39, 0.29) is 22.6 Å². The number of carbonyl (C=O) groups is 3. The van der Waals surface area contributed by atoms with E-state index >= 15 is 4.39 Å². The monoisotopic (exact) mass is 818 g/mol. The van der Waals surface area contributed by atoms with Crippen LogP contribution >= 0.6 is 0 Å². The van der Waals surface area contributed by atoms with Gasteiger partial charge in [-0.15, -0.1) is 0 Å².